The largest absolute Gasteiger partial charge is 0.418 e. The Labute approximate surface area is 199 Å². The van der Waals surface area contributed by atoms with Gasteiger partial charge in [-0.25, -0.2) is 4.79 Å². The van der Waals surface area contributed by atoms with Gasteiger partial charge in [-0.3, -0.25) is 14.3 Å². The van der Waals surface area contributed by atoms with Crippen LogP contribution in [0.1, 0.15) is 42.5 Å². The molecule has 3 heterocycles. The molecule has 2 aromatic heterocycles. The van der Waals surface area contributed by atoms with Crippen LogP contribution in [0.5, 0.6) is 0 Å². The van der Waals surface area contributed by atoms with Gasteiger partial charge >= 0.3 is 11.9 Å². The number of carbonyl (C=O) groups is 1. The summed E-state index contributed by atoms with van der Waals surface area (Å²) >= 11 is 0. The summed E-state index contributed by atoms with van der Waals surface area (Å²) in [7, 11) is 0. The van der Waals surface area contributed by atoms with Gasteiger partial charge in [-0.05, 0) is 54.7 Å². The van der Waals surface area contributed by atoms with E-state index in [4.69, 9.17) is 0 Å². The molecule has 6 nitrogen and oxygen atoms in total. The van der Waals surface area contributed by atoms with Crippen molar-refractivity contribution in [1.29, 1.82) is 0 Å². The number of pyridine rings is 1. The van der Waals surface area contributed by atoms with Crippen molar-refractivity contribution in [2.75, 3.05) is 13.1 Å². The highest BCUT2D eigenvalue weighted by Crippen LogP contribution is 2.36. The number of fused-ring (bicyclic) bond motifs is 2. The van der Waals surface area contributed by atoms with Gasteiger partial charge in [0.05, 0.1) is 28.5 Å². The van der Waals surface area contributed by atoms with E-state index in [0.717, 1.165) is 34.5 Å². The average Bonchev–Trinajstić information content (AvgIpc) is 3.19. The Morgan fingerprint density at radius 3 is 2.60 bits per heavy atom. The van der Waals surface area contributed by atoms with Crippen molar-refractivity contribution in [2.45, 2.75) is 44.8 Å². The minimum absolute atomic E-state index is 0.0244. The molecule has 1 N–H and O–H groups in total. The fourth-order valence-corrected chi connectivity index (χ4v) is 5.25. The molecule has 0 spiro atoms. The number of H-pyrrole nitrogens is 1. The van der Waals surface area contributed by atoms with E-state index in [2.05, 4.69) is 16.9 Å². The number of nitrogens with zero attached hydrogens (tertiary/aromatic N) is 3. The Morgan fingerprint density at radius 1 is 1.11 bits per heavy atom. The molecule has 1 amide bonds. The van der Waals surface area contributed by atoms with Crippen LogP contribution in [0.2, 0.25) is 0 Å². The van der Waals surface area contributed by atoms with E-state index in [1.54, 1.807) is 11.1 Å². The number of hydrogen-bond acceptors (Lipinski definition) is 3. The fraction of sp³-hybridized carbons (Fsp3) is 0.346. The van der Waals surface area contributed by atoms with Crippen molar-refractivity contribution in [3.63, 3.8) is 0 Å². The van der Waals surface area contributed by atoms with Crippen molar-refractivity contribution in [3.05, 3.63) is 75.8 Å². The number of rotatable bonds is 4. The number of carbonyl (C=O) groups excluding carboxylic acids is 1. The minimum atomic E-state index is -4.57. The van der Waals surface area contributed by atoms with Crippen LogP contribution in [-0.2, 0) is 23.8 Å². The summed E-state index contributed by atoms with van der Waals surface area (Å²) in [4.78, 5) is 34.4. The first-order valence-electron chi connectivity index (χ1n) is 11.7. The second-order valence-electron chi connectivity index (χ2n) is 8.92. The smallest absolute Gasteiger partial charge is 0.342 e. The van der Waals surface area contributed by atoms with E-state index in [1.165, 1.54) is 16.7 Å². The van der Waals surface area contributed by atoms with Gasteiger partial charge in [0.25, 0.3) is 0 Å². The third-order valence-electron chi connectivity index (χ3n) is 6.91. The molecule has 2 aromatic carbocycles. The molecule has 1 aliphatic rings. The molecule has 9 heteroatoms. The summed E-state index contributed by atoms with van der Waals surface area (Å²) < 4.78 is 42.1. The van der Waals surface area contributed by atoms with Gasteiger partial charge < -0.3 is 9.88 Å². The number of halogens is 3. The first-order valence-corrected chi connectivity index (χ1v) is 11.7. The number of benzene rings is 2. The third kappa shape index (κ3) is 4.19. The highest BCUT2D eigenvalue weighted by molar-refractivity contribution is 5.86. The van der Waals surface area contributed by atoms with Crippen molar-refractivity contribution >= 4 is 27.8 Å². The molecule has 1 fully saturated rings. The second kappa shape index (κ2) is 8.87. The first-order chi connectivity index (χ1) is 16.8. The molecule has 1 saturated heterocycles. The molecular weight excluding hydrogens is 457 g/mol. The average molecular weight is 483 g/mol. The van der Waals surface area contributed by atoms with E-state index in [-0.39, 0.29) is 23.4 Å². The lowest BCUT2D eigenvalue weighted by atomic mass is 9.96. The summed E-state index contributed by atoms with van der Waals surface area (Å²) in [6.07, 6.45) is -0.977. The molecule has 0 atom stereocenters. The lowest BCUT2D eigenvalue weighted by molar-refractivity contribution is -0.136. The Morgan fingerprint density at radius 2 is 1.89 bits per heavy atom. The SMILES string of the molecule is CCc1c(CC(=O)N2CCC(n3c(=O)[nH]c4cccc(C(F)(F)F)c43)CC2)ccc2ncccc12. The molecule has 1 aliphatic heterocycles. The van der Waals surface area contributed by atoms with E-state index in [1.807, 2.05) is 24.3 Å². The standard InChI is InChI=1S/C26H25F3N4O2/c1-2-18-16(8-9-21-19(18)5-4-12-30-21)15-23(34)32-13-10-17(11-14-32)33-24-20(26(27,28)29)6-3-7-22(24)31-25(33)35/h3-9,12,17H,2,10-11,13-15H2,1H3,(H,31,35). The van der Waals surface area contributed by atoms with E-state index in [0.29, 0.717) is 25.9 Å². The minimum Gasteiger partial charge on any atom is -0.342 e. The third-order valence-corrected chi connectivity index (χ3v) is 6.91. The van der Waals surface area contributed by atoms with Gasteiger partial charge in [0.1, 0.15) is 0 Å². The van der Waals surface area contributed by atoms with Crippen LogP contribution in [0.25, 0.3) is 21.9 Å². The zero-order valence-corrected chi connectivity index (χ0v) is 19.2. The maximum atomic E-state index is 13.6. The predicted octanol–water partition coefficient (Wildman–Crippen LogP) is 4.87. The molecule has 4 aromatic rings. The Bertz CT molecular complexity index is 1460. The number of piperidine rings is 1. The Balaban J connectivity index is 1.35. The Kier molecular flexibility index (Phi) is 5.86. The maximum Gasteiger partial charge on any atom is 0.418 e. The topological polar surface area (TPSA) is 71.0 Å². The molecule has 5 rings (SSSR count). The van der Waals surface area contributed by atoms with Gasteiger partial charge in [-0.15, -0.1) is 0 Å². The molecular formula is C26H25F3N4O2. The number of aryl methyl sites for hydroxylation is 1. The number of amides is 1. The van der Waals surface area contributed by atoms with Gasteiger partial charge in [0, 0.05) is 30.7 Å². The number of likely N-dealkylation sites (tertiary alicyclic amines) is 1. The molecule has 0 radical (unpaired) electrons. The normalized spacial score (nSPS) is 15.3. The highest BCUT2D eigenvalue weighted by Gasteiger charge is 2.36. The van der Waals surface area contributed by atoms with Crippen LogP contribution in [0.3, 0.4) is 0 Å². The van der Waals surface area contributed by atoms with Gasteiger partial charge in [0.15, 0.2) is 0 Å². The van der Waals surface area contributed by atoms with E-state index in [9.17, 15) is 22.8 Å². The number of aromatic nitrogens is 3. The second-order valence-corrected chi connectivity index (χ2v) is 8.92. The predicted molar refractivity (Wildman–Crippen MR) is 127 cm³/mol. The lowest BCUT2D eigenvalue weighted by Crippen LogP contribution is -2.41. The molecule has 0 aliphatic carbocycles. The molecule has 0 saturated carbocycles. The monoisotopic (exact) mass is 482 g/mol. The molecule has 35 heavy (non-hydrogen) atoms. The van der Waals surface area contributed by atoms with Crippen molar-refractivity contribution < 1.29 is 18.0 Å². The van der Waals surface area contributed by atoms with Crippen molar-refractivity contribution in [3.8, 4) is 0 Å². The summed E-state index contributed by atoms with van der Waals surface area (Å²) in [6, 6.07) is 11.1. The van der Waals surface area contributed by atoms with Crippen LogP contribution in [0.4, 0.5) is 13.2 Å². The molecule has 0 unspecified atom stereocenters. The van der Waals surface area contributed by atoms with Crippen molar-refractivity contribution in [1.82, 2.24) is 19.4 Å². The summed E-state index contributed by atoms with van der Waals surface area (Å²) in [5, 5.41) is 1.04. The van der Waals surface area contributed by atoms with Crippen LogP contribution in [0, 0.1) is 0 Å². The quantitative estimate of drug-likeness (QED) is 0.451. The van der Waals surface area contributed by atoms with Gasteiger partial charge in [-0.2, -0.15) is 13.2 Å². The molecule has 0 bridgehead atoms. The highest BCUT2D eigenvalue weighted by atomic mass is 19.4. The lowest BCUT2D eigenvalue weighted by Gasteiger charge is -2.33. The number of hydrogen-bond donors (Lipinski definition) is 1. The number of imidazole rings is 1. The zero-order chi connectivity index (χ0) is 24.7. The zero-order valence-electron chi connectivity index (χ0n) is 19.2. The van der Waals surface area contributed by atoms with Gasteiger partial charge in [0.2, 0.25) is 5.91 Å². The Hall–Kier alpha value is -3.62. The molecule has 182 valence electrons. The summed E-state index contributed by atoms with van der Waals surface area (Å²) in [5.74, 6) is -0.0244. The maximum absolute atomic E-state index is 13.6. The van der Waals surface area contributed by atoms with E-state index >= 15 is 0 Å². The van der Waals surface area contributed by atoms with Crippen molar-refractivity contribution in [2.24, 2.45) is 0 Å². The first kappa shape index (κ1) is 23.1. The van der Waals surface area contributed by atoms with Crippen LogP contribution < -0.4 is 5.69 Å². The van der Waals surface area contributed by atoms with Crippen LogP contribution in [0.15, 0.2) is 53.5 Å². The van der Waals surface area contributed by atoms with Crippen LogP contribution >= 0.6 is 0 Å². The number of para-hydroxylation sites is 1. The number of alkyl halides is 3. The fourth-order valence-electron chi connectivity index (χ4n) is 5.25. The van der Waals surface area contributed by atoms with Gasteiger partial charge in [-0.1, -0.05) is 25.1 Å². The number of aromatic amines is 1. The van der Waals surface area contributed by atoms with E-state index < -0.39 is 23.5 Å². The number of nitrogens with one attached hydrogen (secondary N) is 1. The summed E-state index contributed by atoms with van der Waals surface area (Å²) in [6.45, 7) is 2.82. The summed E-state index contributed by atoms with van der Waals surface area (Å²) in [5.41, 5.74) is 1.62. The van der Waals surface area contributed by atoms with Crippen LogP contribution in [-0.4, -0.2) is 38.4 Å².